The van der Waals surface area contributed by atoms with Gasteiger partial charge in [-0.25, -0.2) is 0 Å². The maximum atomic E-state index is 13.3. The summed E-state index contributed by atoms with van der Waals surface area (Å²) in [6.07, 6.45) is -11.1. The normalized spacial score (nSPS) is 16.2. The summed E-state index contributed by atoms with van der Waals surface area (Å²) in [5.74, 6) is -40.4. The highest BCUT2D eigenvalue weighted by molar-refractivity contribution is 7.99. The van der Waals surface area contributed by atoms with E-state index in [0.29, 0.717) is 0 Å². The molecule has 0 amide bonds. The van der Waals surface area contributed by atoms with Gasteiger partial charge in [-0.3, -0.25) is 4.79 Å². The van der Waals surface area contributed by atoms with Crippen molar-refractivity contribution in [3.63, 3.8) is 0 Å². The molecule has 28 heavy (non-hydrogen) atoms. The largest absolute Gasteiger partial charge is 0.481 e. The molecule has 0 saturated carbocycles. The van der Waals surface area contributed by atoms with Gasteiger partial charge in [-0.05, 0) is 0 Å². The van der Waals surface area contributed by atoms with Gasteiger partial charge in [-0.1, -0.05) is 0 Å². The second-order valence-corrected chi connectivity index (χ2v) is 6.46. The Hall–Kier alpha value is -1.13. The van der Waals surface area contributed by atoms with Crippen LogP contribution in [0.1, 0.15) is 12.8 Å². The third kappa shape index (κ3) is 4.71. The fraction of sp³-hybridized carbons (Fsp3) is 0.909. The number of hydrogen-bond acceptors (Lipinski definition) is 3. The Balaban J connectivity index is 5.65. The van der Waals surface area contributed by atoms with Crippen molar-refractivity contribution in [3.05, 3.63) is 0 Å². The monoisotopic (exact) mass is 468 g/mol. The first-order valence-electron chi connectivity index (χ1n) is 6.53. The number of carboxylic acid groups (broad SMARTS) is 1. The number of hydrogen-bond donors (Lipinski definition) is 2. The van der Waals surface area contributed by atoms with E-state index in [9.17, 15) is 61.9 Å². The summed E-state index contributed by atoms with van der Waals surface area (Å²) in [5, 5.41) is 17.2. The molecule has 3 nitrogen and oxygen atoms in total. The maximum Gasteiger partial charge on any atom is 0.460 e. The molecule has 0 aliphatic rings. The number of thioether (sulfide) groups is 1. The van der Waals surface area contributed by atoms with Crippen molar-refractivity contribution in [2.45, 2.75) is 54.1 Å². The molecular weight excluding hydrogens is 459 g/mol. The molecule has 17 heteroatoms. The zero-order chi connectivity index (χ0) is 23.0. The third-order valence-corrected chi connectivity index (χ3v) is 4.07. The van der Waals surface area contributed by atoms with Crippen molar-refractivity contribution in [2.75, 3.05) is 5.75 Å². The van der Waals surface area contributed by atoms with E-state index in [4.69, 9.17) is 10.2 Å². The van der Waals surface area contributed by atoms with Gasteiger partial charge in [0.25, 0.3) is 0 Å². The van der Waals surface area contributed by atoms with Crippen LogP contribution in [0.25, 0.3) is 0 Å². The minimum absolute atomic E-state index is 0.224. The second-order valence-electron chi connectivity index (χ2n) is 5.17. The average molecular weight is 468 g/mol. The molecule has 168 valence electrons. The van der Waals surface area contributed by atoms with E-state index in [2.05, 4.69) is 0 Å². The molecule has 0 bridgehead atoms. The van der Waals surface area contributed by atoms with Gasteiger partial charge in [0.15, 0.2) is 0 Å². The Bertz CT molecular complexity index is 560. The Kier molecular flexibility index (Phi) is 7.63. The number of aliphatic carboxylic acids is 1. The standard InChI is InChI=1S/C11H9F13O3S/c12-6(13,1-2-28-5(27)3-4(25)26)7(14,15)8(16,17)9(18,19)10(20,21)11(22,23)24/h5,27H,1-3H2,(H,25,26). The molecule has 0 aliphatic carbocycles. The van der Waals surface area contributed by atoms with Gasteiger partial charge >= 0.3 is 41.8 Å². The molecule has 0 aromatic carbocycles. The topological polar surface area (TPSA) is 57.5 Å². The predicted octanol–water partition coefficient (Wildman–Crippen LogP) is 4.64. The van der Waals surface area contributed by atoms with Gasteiger partial charge in [0.05, 0.1) is 6.42 Å². The van der Waals surface area contributed by atoms with Crippen molar-refractivity contribution in [1.29, 1.82) is 0 Å². The molecule has 0 rings (SSSR count). The van der Waals surface area contributed by atoms with Crippen molar-refractivity contribution in [1.82, 2.24) is 0 Å². The molecule has 0 aromatic rings. The molecule has 0 saturated heterocycles. The average Bonchev–Trinajstić information content (AvgIpc) is 2.43. The van der Waals surface area contributed by atoms with Crippen LogP contribution in [0, 0.1) is 0 Å². The number of halogens is 13. The van der Waals surface area contributed by atoms with Crippen LogP contribution in [0.4, 0.5) is 57.1 Å². The third-order valence-electron chi connectivity index (χ3n) is 3.07. The highest BCUT2D eigenvalue weighted by atomic mass is 32.2. The summed E-state index contributed by atoms with van der Waals surface area (Å²) in [6, 6.07) is 0. The van der Waals surface area contributed by atoms with Gasteiger partial charge in [-0.15, -0.1) is 11.8 Å². The van der Waals surface area contributed by atoms with Crippen LogP contribution in [0.2, 0.25) is 0 Å². The Morgan fingerprint density at radius 3 is 1.50 bits per heavy atom. The fourth-order valence-electron chi connectivity index (χ4n) is 1.49. The van der Waals surface area contributed by atoms with E-state index < -0.39 is 65.8 Å². The molecule has 0 aromatic heterocycles. The summed E-state index contributed by atoms with van der Waals surface area (Å²) < 4.78 is 166. The van der Waals surface area contributed by atoms with E-state index in [-0.39, 0.29) is 11.8 Å². The van der Waals surface area contributed by atoms with E-state index >= 15 is 0 Å². The second kappa shape index (κ2) is 7.95. The number of aliphatic hydroxyl groups excluding tert-OH is 1. The Morgan fingerprint density at radius 1 is 0.750 bits per heavy atom. The molecule has 1 atom stereocenters. The van der Waals surface area contributed by atoms with Gasteiger partial charge in [0.2, 0.25) is 0 Å². The Morgan fingerprint density at radius 2 is 1.14 bits per heavy atom. The summed E-state index contributed by atoms with van der Waals surface area (Å²) >= 11 is -0.224. The van der Waals surface area contributed by atoms with Crippen LogP contribution in [0.5, 0.6) is 0 Å². The zero-order valence-corrected chi connectivity index (χ0v) is 13.6. The molecule has 1 unspecified atom stereocenters. The molecule has 0 heterocycles. The van der Waals surface area contributed by atoms with E-state index in [1.54, 1.807) is 0 Å². The van der Waals surface area contributed by atoms with Crippen molar-refractivity contribution in [2.24, 2.45) is 0 Å². The maximum absolute atomic E-state index is 13.3. The summed E-state index contributed by atoms with van der Waals surface area (Å²) in [5.41, 5.74) is -2.02. The number of rotatable bonds is 10. The summed E-state index contributed by atoms with van der Waals surface area (Å²) in [7, 11) is 0. The Labute approximate surface area is 150 Å². The van der Waals surface area contributed by atoms with E-state index in [1.165, 1.54) is 0 Å². The molecule has 0 spiro atoms. The van der Waals surface area contributed by atoms with Crippen molar-refractivity contribution >= 4 is 17.7 Å². The lowest BCUT2D eigenvalue weighted by molar-refractivity contribution is -0.439. The molecule has 0 aliphatic heterocycles. The number of aliphatic hydroxyl groups is 1. The van der Waals surface area contributed by atoms with Crippen LogP contribution in [0.15, 0.2) is 0 Å². The number of alkyl halides is 13. The summed E-state index contributed by atoms with van der Waals surface area (Å²) in [6.45, 7) is 0. The molecular formula is C11H9F13O3S. The van der Waals surface area contributed by atoms with E-state index in [1.807, 2.05) is 0 Å². The predicted molar refractivity (Wildman–Crippen MR) is 66.1 cm³/mol. The lowest BCUT2D eigenvalue weighted by Gasteiger charge is -2.39. The number of carbonyl (C=O) groups is 1. The lowest BCUT2D eigenvalue weighted by Crippen LogP contribution is -2.70. The van der Waals surface area contributed by atoms with Crippen LogP contribution in [-0.2, 0) is 4.79 Å². The van der Waals surface area contributed by atoms with Crippen LogP contribution in [0.3, 0.4) is 0 Å². The fourth-order valence-corrected chi connectivity index (χ4v) is 2.40. The first-order valence-corrected chi connectivity index (χ1v) is 7.58. The van der Waals surface area contributed by atoms with Gasteiger partial charge < -0.3 is 10.2 Å². The van der Waals surface area contributed by atoms with Gasteiger partial charge in [-0.2, -0.15) is 57.1 Å². The highest BCUT2D eigenvalue weighted by Gasteiger charge is 2.90. The first kappa shape index (κ1) is 26.9. The lowest BCUT2D eigenvalue weighted by atomic mass is 9.93. The van der Waals surface area contributed by atoms with Gasteiger partial charge in [0, 0.05) is 12.2 Å². The molecule has 0 radical (unpaired) electrons. The molecule has 2 N–H and O–H groups in total. The quantitative estimate of drug-likeness (QED) is 0.363. The summed E-state index contributed by atoms with van der Waals surface area (Å²) in [4.78, 5) is 10.2. The van der Waals surface area contributed by atoms with Crippen molar-refractivity contribution in [3.8, 4) is 0 Å². The number of carboxylic acids is 1. The smallest absolute Gasteiger partial charge is 0.460 e. The minimum atomic E-state index is -7.96. The van der Waals surface area contributed by atoms with Crippen molar-refractivity contribution < 1.29 is 72.1 Å². The van der Waals surface area contributed by atoms with Gasteiger partial charge in [0.1, 0.15) is 5.44 Å². The molecule has 0 fully saturated rings. The SMILES string of the molecule is O=C(O)CC(O)SCCC(F)(F)C(F)(F)C(F)(F)C(F)(F)C(F)(F)C(F)(F)F. The highest BCUT2D eigenvalue weighted by Crippen LogP contribution is 2.60. The first-order chi connectivity index (χ1) is 12.1. The minimum Gasteiger partial charge on any atom is -0.481 e. The van der Waals surface area contributed by atoms with Crippen LogP contribution < -0.4 is 0 Å². The van der Waals surface area contributed by atoms with Crippen LogP contribution in [-0.4, -0.2) is 63.2 Å². The van der Waals surface area contributed by atoms with E-state index in [0.717, 1.165) is 0 Å². The zero-order valence-electron chi connectivity index (χ0n) is 12.8. The van der Waals surface area contributed by atoms with Crippen LogP contribution >= 0.6 is 11.8 Å².